The van der Waals surface area contributed by atoms with Gasteiger partial charge < -0.3 is 20.5 Å². The molecule has 2 aliphatic rings. The zero-order chi connectivity index (χ0) is 19.1. The highest BCUT2D eigenvalue weighted by Crippen LogP contribution is 2.56. The molecular formula is C19H27N3O4. The maximum Gasteiger partial charge on any atom is 0.407 e. The normalized spacial score (nSPS) is 27.2. The van der Waals surface area contributed by atoms with Gasteiger partial charge in [0, 0.05) is 17.8 Å². The van der Waals surface area contributed by atoms with Crippen LogP contribution >= 0.6 is 0 Å². The number of anilines is 1. The van der Waals surface area contributed by atoms with Crippen LogP contribution in [0.3, 0.4) is 0 Å². The highest BCUT2D eigenvalue weighted by atomic mass is 16.6. The number of aryl methyl sites for hydroxylation is 1. The molecule has 2 saturated carbocycles. The third-order valence-electron chi connectivity index (χ3n) is 5.04. The monoisotopic (exact) mass is 361 g/mol. The first-order valence-electron chi connectivity index (χ1n) is 9.02. The van der Waals surface area contributed by atoms with Gasteiger partial charge in [-0.25, -0.2) is 14.6 Å². The van der Waals surface area contributed by atoms with Crippen LogP contribution in [0.2, 0.25) is 0 Å². The van der Waals surface area contributed by atoms with Crippen LogP contribution in [-0.4, -0.2) is 39.8 Å². The zero-order valence-electron chi connectivity index (χ0n) is 15.8. The molecule has 142 valence electrons. The highest BCUT2D eigenvalue weighted by Gasteiger charge is 2.53. The minimum atomic E-state index is -0.973. The summed E-state index contributed by atoms with van der Waals surface area (Å²) in [6.07, 6.45) is 3.46. The van der Waals surface area contributed by atoms with Gasteiger partial charge in [0.25, 0.3) is 0 Å². The summed E-state index contributed by atoms with van der Waals surface area (Å²) in [6.45, 7) is 7.39. The summed E-state index contributed by atoms with van der Waals surface area (Å²) in [5.74, 6) is -0.528. The molecule has 0 saturated heterocycles. The summed E-state index contributed by atoms with van der Waals surface area (Å²) in [7, 11) is 0. The number of rotatable bonds is 4. The molecule has 26 heavy (non-hydrogen) atoms. The zero-order valence-corrected chi connectivity index (χ0v) is 15.8. The fraction of sp³-hybridized carbons (Fsp3) is 0.632. The second-order valence-corrected chi connectivity index (χ2v) is 8.65. The molecule has 3 rings (SSSR count). The van der Waals surface area contributed by atoms with Gasteiger partial charge in [-0.05, 0) is 70.9 Å². The lowest BCUT2D eigenvalue weighted by Crippen LogP contribution is -2.59. The Morgan fingerprint density at radius 2 is 1.81 bits per heavy atom. The van der Waals surface area contributed by atoms with Crippen LogP contribution in [0.5, 0.6) is 0 Å². The van der Waals surface area contributed by atoms with Gasteiger partial charge >= 0.3 is 12.1 Å². The number of ether oxygens (including phenoxy) is 1. The molecule has 1 amide bonds. The number of carboxylic acids is 1. The topological polar surface area (TPSA) is 101 Å². The molecule has 1 spiro atoms. The molecule has 2 aliphatic carbocycles. The van der Waals surface area contributed by atoms with Gasteiger partial charge in [-0.1, -0.05) is 0 Å². The molecule has 0 aliphatic heterocycles. The standard InChI is InChI=1S/C19H27N3O4/c1-11-5-6-14(16(23)24)15(20-11)21-12-7-19(8-12)9-13(10-19)22-17(25)26-18(2,3)4/h5-6,12-13H,7-10H2,1-4H3,(H,20,21)(H,22,25)(H,23,24). The van der Waals surface area contributed by atoms with E-state index in [0.717, 1.165) is 31.4 Å². The van der Waals surface area contributed by atoms with Gasteiger partial charge in [-0.2, -0.15) is 0 Å². The van der Waals surface area contributed by atoms with Crippen molar-refractivity contribution in [1.29, 1.82) is 0 Å². The number of carboxylic acid groups (broad SMARTS) is 1. The van der Waals surface area contributed by atoms with Crippen molar-refractivity contribution in [3.63, 3.8) is 0 Å². The molecular weight excluding hydrogens is 334 g/mol. The molecule has 2 fully saturated rings. The summed E-state index contributed by atoms with van der Waals surface area (Å²) in [4.78, 5) is 27.5. The summed E-state index contributed by atoms with van der Waals surface area (Å²) >= 11 is 0. The van der Waals surface area contributed by atoms with E-state index in [4.69, 9.17) is 4.74 Å². The van der Waals surface area contributed by atoms with Crippen LogP contribution in [0.4, 0.5) is 10.6 Å². The second kappa shape index (κ2) is 6.45. The Labute approximate surface area is 153 Å². The molecule has 7 nitrogen and oxygen atoms in total. The minimum absolute atomic E-state index is 0.164. The van der Waals surface area contributed by atoms with Gasteiger partial charge in [-0.15, -0.1) is 0 Å². The summed E-state index contributed by atoms with van der Waals surface area (Å²) in [6, 6.07) is 3.68. The van der Waals surface area contributed by atoms with Crippen LogP contribution in [-0.2, 0) is 4.74 Å². The maximum atomic E-state index is 11.8. The predicted octanol–water partition coefficient (Wildman–Crippen LogP) is 3.34. The number of hydrogen-bond acceptors (Lipinski definition) is 5. The maximum absolute atomic E-state index is 11.8. The predicted molar refractivity (Wildman–Crippen MR) is 97.4 cm³/mol. The van der Waals surface area contributed by atoms with Crippen molar-refractivity contribution in [1.82, 2.24) is 10.3 Å². The van der Waals surface area contributed by atoms with Crippen LogP contribution in [0, 0.1) is 12.3 Å². The average Bonchev–Trinajstić information content (AvgIpc) is 2.40. The van der Waals surface area contributed by atoms with Gasteiger partial charge in [0.15, 0.2) is 0 Å². The minimum Gasteiger partial charge on any atom is -0.478 e. The second-order valence-electron chi connectivity index (χ2n) is 8.65. The van der Waals surface area contributed by atoms with Crippen LogP contribution in [0.1, 0.15) is 62.5 Å². The molecule has 0 radical (unpaired) electrons. The summed E-state index contributed by atoms with van der Waals surface area (Å²) < 4.78 is 5.28. The van der Waals surface area contributed by atoms with E-state index >= 15 is 0 Å². The highest BCUT2D eigenvalue weighted by molar-refractivity contribution is 5.93. The van der Waals surface area contributed by atoms with E-state index in [9.17, 15) is 14.7 Å². The number of amides is 1. The molecule has 0 bridgehead atoms. The van der Waals surface area contributed by atoms with Crippen molar-refractivity contribution < 1.29 is 19.4 Å². The van der Waals surface area contributed by atoms with E-state index in [1.54, 1.807) is 12.1 Å². The molecule has 1 aromatic rings. The van der Waals surface area contributed by atoms with E-state index in [0.29, 0.717) is 5.82 Å². The molecule has 1 heterocycles. The van der Waals surface area contributed by atoms with Crippen LogP contribution in [0.25, 0.3) is 0 Å². The fourth-order valence-corrected chi connectivity index (χ4v) is 4.02. The molecule has 3 N–H and O–H groups in total. The Kier molecular flexibility index (Phi) is 4.58. The number of nitrogens with one attached hydrogen (secondary N) is 2. The fourth-order valence-electron chi connectivity index (χ4n) is 4.02. The summed E-state index contributed by atoms with van der Waals surface area (Å²) in [5.41, 5.74) is 0.760. The van der Waals surface area contributed by atoms with E-state index in [1.807, 2.05) is 27.7 Å². The van der Waals surface area contributed by atoms with Crippen molar-refractivity contribution in [3.8, 4) is 0 Å². The van der Waals surface area contributed by atoms with E-state index in [2.05, 4.69) is 15.6 Å². The van der Waals surface area contributed by atoms with Crippen molar-refractivity contribution in [2.45, 2.75) is 71.1 Å². The molecule has 7 heteroatoms. The van der Waals surface area contributed by atoms with Gasteiger partial charge in [-0.3, -0.25) is 0 Å². The Bertz CT molecular complexity index is 712. The molecule has 0 unspecified atom stereocenters. The first-order valence-corrected chi connectivity index (χ1v) is 9.02. The number of aromatic nitrogens is 1. The number of pyridine rings is 1. The summed E-state index contributed by atoms with van der Waals surface area (Å²) in [5, 5.41) is 15.5. The lowest BCUT2D eigenvalue weighted by atomic mass is 9.52. The number of alkyl carbamates (subject to hydrolysis) is 1. The Morgan fingerprint density at radius 3 is 2.38 bits per heavy atom. The molecule has 0 aromatic carbocycles. The van der Waals surface area contributed by atoms with Crippen molar-refractivity contribution in [2.24, 2.45) is 5.41 Å². The van der Waals surface area contributed by atoms with Crippen LogP contribution in [0.15, 0.2) is 12.1 Å². The van der Waals surface area contributed by atoms with Crippen molar-refractivity contribution in [2.75, 3.05) is 5.32 Å². The van der Waals surface area contributed by atoms with E-state index in [-0.39, 0.29) is 29.2 Å². The molecule has 0 atom stereocenters. The lowest BCUT2D eigenvalue weighted by molar-refractivity contribution is -0.0179. The first kappa shape index (κ1) is 18.5. The number of aromatic carboxylic acids is 1. The number of hydrogen-bond donors (Lipinski definition) is 3. The SMILES string of the molecule is Cc1ccc(C(=O)O)c(NC2CC3(CC(NC(=O)OC(C)(C)C)C3)C2)n1. The number of nitrogens with zero attached hydrogens (tertiary/aromatic N) is 1. The smallest absolute Gasteiger partial charge is 0.407 e. The Balaban J connectivity index is 1.47. The Hall–Kier alpha value is -2.31. The van der Waals surface area contributed by atoms with Gasteiger partial charge in [0.2, 0.25) is 0 Å². The largest absolute Gasteiger partial charge is 0.478 e. The van der Waals surface area contributed by atoms with Crippen molar-refractivity contribution >= 4 is 17.9 Å². The quantitative estimate of drug-likeness (QED) is 0.760. The first-order chi connectivity index (χ1) is 12.1. The van der Waals surface area contributed by atoms with E-state index in [1.165, 1.54) is 0 Å². The number of carbonyl (C=O) groups is 2. The van der Waals surface area contributed by atoms with Gasteiger partial charge in [0.1, 0.15) is 17.0 Å². The van der Waals surface area contributed by atoms with Gasteiger partial charge in [0.05, 0.1) is 0 Å². The number of carbonyl (C=O) groups excluding carboxylic acids is 1. The molecule has 1 aromatic heterocycles. The van der Waals surface area contributed by atoms with Crippen molar-refractivity contribution in [3.05, 3.63) is 23.4 Å². The lowest BCUT2D eigenvalue weighted by Gasteiger charge is -2.57. The third-order valence-corrected chi connectivity index (χ3v) is 5.04. The average molecular weight is 361 g/mol. The Morgan fingerprint density at radius 1 is 1.19 bits per heavy atom. The van der Waals surface area contributed by atoms with Crippen LogP contribution < -0.4 is 10.6 Å². The van der Waals surface area contributed by atoms with E-state index < -0.39 is 11.6 Å². The third kappa shape index (κ3) is 4.08.